The molecule has 1 rings (SSSR count). The Balaban J connectivity index is 2.84. The van der Waals surface area contributed by atoms with E-state index in [1.807, 2.05) is 6.08 Å². The van der Waals surface area contributed by atoms with Gasteiger partial charge in [0.2, 0.25) is 0 Å². The number of hydrogen-bond acceptors (Lipinski definition) is 1. The number of carbonyl (C=O) groups is 1. The molecular formula is C13H20O. The van der Waals surface area contributed by atoms with Crippen LogP contribution in [0.4, 0.5) is 0 Å². The molecule has 1 heteroatoms. The third-order valence-corrected chi connectivity index (χ3v) is 3.06. The van der Waals surface area contributed by atoms with Crippen LogP contribution < -0.4 is 0 Å². The summed E-state index contributed by atoms with van der Waals surface area (Å²) in [5.41, 5.74) is 3.22. The van der Waals surface area contributed by atoms with Gasteiger partial charge in [-0.25, -0.2) is 0 Å². The molecule has 14 heavy (non-hydrogen) atoms. The summed E-state index contributed by atoms with van der Waals surface area (Å²) in [6, 6.07) is 0. The molecule has 0 aromatic carbocycles. The highest BCUT2D eigenvalue weighted by atomic mass is 16.1. The van der Waals surface area contributed by atoms with Crippen LogP contribution in [0.3, 0.4) is 0 Å². The van der Waals surface area contributed by atoms with Crippen molar-refractivity contribution in [3.05, 3.63) is 23.3 Å². The molecule has 0 radical (unpaired) electrons. The van der Waals surface area contributed by atoms with Crippen molar-refractivity contribution >= 4 is 6.29 Å². The molecule has 1 nitrogen and oxygen atoms in total. The van der Waals surface area contributed by atoms with Gasteiger partial charge in [0.25, 0.3) is 0 Å². The van der Waals surface area contributed by atoms with E-state index in [2.05, 4.69) is 26.8 Å². The zero-order chi connectivity index (χ0) is 10.6. The van der Waals surface area contributed by atoms with Gasteiger partial charge >= 0.3 is 0 Å². The third kappa shape index (κ3) is 2.57. The van der Waals surface area contributed by atoms with Crippen LogP contribution in [0, 0.1) is 5.41 Å². The fourth-order valence-corrected chi connectivity index (χ4v) is 2.25. The molecule has 0 saturated heterocycles. The molecule has 0 aromatic rings. The first-order chi connectivity index (χ1) is 6.58. The Labute approximate surface area is 86.9 Å². The lowest BCUT2D eigenvalue weighted by Crippen LogP contribution is -2.18. The summed E-state index contributed by atoms with van der Waals surface area (Å²) in [7, 11) is 0. The lowest BCUT2D eigenvalue weighted by molar-refractivity contribution is -0.107. The first kappa shape index (κ1) is 11.2. The van der Waals surface area contributed by atoms with Gasteiger partial charge in [0, 0.05) is 6.42 Å². The van der Waals surface area contributed by atoms with E-state index in [-0.39, 0.29) is 0 Å². The lowest BCUT2D eigenvalue weighted by atomic mass is 9.72. The van der Waals surface area contributed by atoms with E-state index in [0.29, 0.717) is 11.8 Å². The summed E-state index contributed by atoms with van der Waals surface area (Å²) in [5.74, 6) is 0. The summed E-state index contributed by atoms with van der Waals surface area (Å²) in [5, 5.41) is 0. The minimum atomic E-state index is 0.293. The molecule has 1 aliphatic rings. The first-order valence-electron chi connectivity index (χ1n) is 5.38. The smallest absolute Gasteiger partial charge is 0.123 e. The maximum Gasteiger partial charge on any atom is 0.123 e. The first-order valence-corrected chi connectivity index (χ1v) is 5.38. The fourth-order valence-electron chi connectivity index (χ4n) is 2.25. The van der Waals surface area contributed by atoms with Gasteiger partial charge in [0.1, 0.15) is 6.29 Å². The molecule has 0 N–H and O–H groups in total. The molecule has 0 bridgehead atoms. The molecule has 0 saturated carbocycles. The Kier molecular flexibility index (Phi) is 3.68. The molecule has 0 aliphatic heterocycles. The van der Waals surface area contributed by atoms with Gasteiger partial charge in [-0.1, -0.05) is 31.6 Å². The predicted octanol–water partition coefficient (Wildman–Crippen LogP) is 3.66. The van der Waals surface area contributed by atoms with E-state index in [1.54, 1.807) is 0 Å². The molecular weight excluding hydrogens is 172 g/mol. The average Bonchev–Trinajstić information content (AvgIpc) is 2.09. The number of carbonyl (C=O) groups excluding carboxylic acids is 1. The minimum absolute atomic E-state index is 0.293. The van der Waals surface area contributed by atoms with Gasteiger partial charge in [-0.05, 0) is 37.2 Å². The van der Waals surface area contributed by atoms with Crippen molar-refractivity contribution < 1.29 is 4.79 Å². The second-order valence-electron chi connectivity index (χ2n) is 4.74. The van der Waals surface area contributed by atoms with E-state index in [0.717, 1.165) is 6.29 Å². The summed E-state index contributed by atoms with van der Waals surface area (Å²) < 4.78 is 0. The van der Waals surface area contributed by atoms with Crippen LogP contribution in [0.25, 0.3) is 0 Å². The molecule has 0 atom stereocenters. The van der Waals surface area contributed by atoms with E-state index in [4.69, 9.17) is 0 Å². The molecule has 1 aliphatic carbocycles. The van der Waals surface area contributed by atoms with E-state index in [9.17, 15) is 4.79 Å². The van der Waals surface area contributed by atoms with Crippen molar-refractivity contribution in [1.29, 1.82) is 0 Å². The topological polar surface area (TPSA) is 17.1 Å². The van der Waals surface area contributed by atoms with Crippen LogP contribution in [0.2, 0.25) is 0 Å². The Bertz CT molecular complexity index is 269. The highest BCUT2D eigenvalue weighted by molar-refractivity contribution is 5.52. The van der Waals surface area contributed by atoms with Crippen LogP contribution in [0.5, 0.6) is 0 Å². The third-order valence-electron chi connectivity index (χ3n) is 3.06. The van der Waals surface area contributed by atoms with Crippen molar-refractivity contribution in [3.63, 3.8) is 0 Å². The molecule has 0 unspecified atom stereocenters. The van der Waals surface area contributed by atoms with Gasteiger partial charge < -0.3 is 4.79 Å². The quantitative estimate of drug-likeness (QED) is 0.624. The summed E-state index contributed by atoms with van der Waals surface area (Å²) in [6.45, 7) is 6.79. The van der Waals surface area contributed by atoms with Gasteiger partial charge in [-0.2, -0.15) is 0 Å². The molecule has 78 valence electrons. The zero-order valence-corrected chi connectivity index (χ0v) is 9.47. The fraction of sp³-hybridized carbons (Fsp3) is 0.615. The van der Waals surface area contributed by atoms with E-state index in [1.165, 1.54) is 30.4 Å². The molecule has 0 fully saturated rings. The van der Waals surface area contributed by atoms with Crippen molar-refractivity contribution in [1.82, 2.24) is 0 Å². The van der Waals surface area contributed by atoms with Crippen molar-refractivity contribution in [2.45, 2.75) is 46.5 Å². The molecule has 0 amide bonds. The zero-order valence-electron chi connectivity index (χ0n) is 9.47. The molecule has 0 heterocycles. The van der Waals surface area contributed by atoms with E-state index >= 15 is 0 Å². The van der Waals surface area contributed by atoms with Crippen LogP contribution in [-0.2, 0) is 4.79 Å². The second-order valence-corrected chi connectivity index (χ2v) is 4.74. The Morgan fingerprint density at radius 3 is 2.71 bits per heavy atom. The van der Waals surface area contributed by atoms with Crippen molar-refractivity contribution in [3.8, 4) is 0 Å². The summed E-state index contributed by atoms with van der Waals surface area (Å²) in [4.78, 5) is 10.2. The van der Waals surface area contributed by atoms with Crippen LogP contribution in [-0.4, -0.2) is 6.29 Å². The van der Waals surface area contributed by atoms with Gasteiger partial charge in [0.15, 0.2) is 0 Å². The average molecular weight is 192 g/mol. The van der Waals surface area contributed by atoms with Crippen LogP contribution in [0.15, 0.2) is 23.3 Å². The van der Waals surface area contributed by atoms with Crippen LogP contribution >= 0.6 is 0 Å². The van der Waals surface area contributed by atoms with E-state index < -0.39 is 0 Å². The number of rotatable bonds is 3. The standard InChI is InChI=1S/C13H20O/c1-11-7-6-9-13(2,3)12(11)8-4-5-10-14/h4,8,10H,5-7,9H2,1-3H3. The Hall–Kier alpha value is -0.850. The van der Waals surface area contributed by atoms with Crippen molar-refractivity contribution in [2.24, 2.45) is 5.41 Å². The predicted molar refractivity (Wildman–Crippen MR) is 60.2 cm³/mol. The highest BCUT2D eigenvalue weighted by Crippen LogP contribution is 2.40. The highest BCUT2D eigenvalue weighted by Gasteiger charge is 2.26. The SMILES string of the molecule is CC1=C(C=CCC=O)C(C)(C)CCC1. The van der Waals surface area contributed by atoms with Crippen LogP contribution in [0.1, 0.15) is 46.5 Å². The Morgan fingerprint density at radius 1 is 1.43 bits per heavy atom. The monoisotopic (exact) mass is 192 g/mol. The van der Waals surface area contributed by atoms with Crippen molar-refractivity contribution in [2.75, 3.05) is 0 Å². The van der Waals surface area contributed by atoms with Gasteiger partial charge in [0.05, 0.1) is 0 Å². The Morgan fingerprint density at radius 2 is 2.14 bits per heavy atom. The minimum Gasteiger partial charge on any atom is -0.303 e. The largest absolute Gasteiger partial charge is 0.303 e. The lowest BCUT2D eigenvalue weighted by Gasteiger charge is -2.32. The maximum absolute atomic E-state index is 10.2. The number of allylic oxidation sites excluding steroid dienone is 4. The van der Waals surface area contributed by atoms with Gasteiger partial charge in [-0.15, -0.1) is 0 Å². The number of hydrogen-bond donors (Lipinski definition) is 0. The summed E-state index contributed by atoms with van der Waals surface area (Å²) >= 11 is 0. The number of aldehydes is 1. The summed E-state index contributed by atoms with van der Waals surface area (Å²) in [6.07, 6.45) is 9.36. The second kappa shape index (κ2) is 4.59. The maximum atomic E-state index is 10.2. The molecule has 0 spiro atoms. The molecule has 0 aromatic heterocycles. The normalized spacial score (nSPS) is 21.6. The van der Waals surface area contributed by atoms with Gasteiger partial charge in [-0.3, -0.25) is 0 Å².